The average Bonchev–Trinajstić information content (AvgIpc) is 3.35. The molecule has 6 nitrogen and oxygen atoms in total. The van der Waals surface area contributed by atoms with Gasteiger partial charge in [0.05, 0.1) is 18.4 Å². The molecule has 2 aromatic carbocycles. The van der Waals surface area contributed by atoms with Crippen LogP contribution < -0.4 is 10.2 Å². The van der Waals surface area contributed by atoms with Crippen LogP contribution in [0.4, 0.5) is 5.69 Å². The van der Waals surface area contributed by atoms with E-state index in [4.69, 9.17) is 0 Å². The molecule has 4 atom stereocenters. The lowest BCUT2D eigenvalue weighted by atomic mass is 9.76. The van der Waals surface area contributed by atoms with Gasteiger partial charge in [-0.2, -0.15) is 0 Å². The molecule has 0 radical (unpaired) electrons. The summed E-state index contributed by atoms with van der Waals surface area (Å²) in [6, 6.07) is 16.9. The third kappa shape index (κ3) is 3.08. The fourth-order valence-corrected chi connectivity index (χ4v) is 5.95. The van der Waals surface area contributed by atoms with Gasteiger partial charge in [-0.05, 0) is 24.0 Å². The molecule has 2 saturated heterocycles. The molecule has 3 aliphatic heterocycles. The van der Waals surface area contributed by atoms with Gasteiger partial charge in [-0.3, -0.25) is 24.6 Å². The Balaban J connectivity index is 1.63. The summed E-state index contributed by atoms with van der Waals surface area (Å²) in [4.78, 5) is 44.6. The number of carbonyl (C=O) groups excluding carboxylic acids is 3. The maximum absolute atomic E-state index is 14.0. The zero-order chi connectivity index (χ0) is 23.3. The fourth-order valence-electron chi connectivity index (χ4n) is 5.95. The molecule has 4 unspecified atom stereocenters. The normalized spacial score (nSPS) is 28.2. The second-order valence-electron chi connectivity index (χ2n) is 9.66. The van der Waals surface area contributed by atoms with Crippen LogP contribution >= 0.6 is 0 Å². The predicted molar refractivity (Wildman–Crippen MR) is 126 cm³/mol. The first-order chi connectivity index (χ1) is 15.9. The van der Waals surface area contributed by atoms with Crippen molar-refractivity contribution in [3.63, 3.8) is 0 Å². The van der Waals surface area contributed by atoms with Gasteiger partial charge in [0.25, 0.3) is 5.91 Å². The van der Waals surface area contributed by atoms with Gasteiger partial charge in [0.2, 0.25) is 11.8 Å². The smallest absolute Gasteiger partial charge is 0.253 e. The minimum Gasteiger partial charge on any atom is -0.306 e. The van der Waals surface area contributed by atoms with E-state index in [-0.39, 0.29) is 30.3 Å². The van der Waals surface area contributed by atoms with Gasteiger partial charge >= 0.3 is 0 Å². The van der Waals surface area contributed by atoms with Crippen molar-refractivity contribution in [3.05, 3.63) is 78.4 Å². The highest BCUT2D eigenvalue weighted by atomic mass is 16.2. The van der Waals surface area contributed by atoms with E-state index in [1.807, 2.05) is 54.6 Å². The number of benzene rings is 2. The van der Waals surface area contributed by atoms with Crippen LogP contribution in [0.3, 0.4) is 0 Å². The molecule has 6 heteroatoms. The first-order valence-electron chi connectivity index (χ1n) is 11.6. The molecule has 1 N–H and O–H groups in total. The quantitative estimate of drug-likeness (QED) is 0.550. The van der Waals surface area contributed by atoms with Gasteiger partial charge in [0.1, 0.15) is 5.54 Å². The van der Waals surface area contributed by atoms with E-state index in [9.17, 15) is 14.4 Å². The SMILES string of the molecule is C=CCN1C(=O)C2(NC(CC(C)C)C3C(=O)N(Cc4ccccc4)C(=O)C32)c2ccccc21. The highest BCUT2D eigenvalue weighted by Gasteiger charge is 2.71. The molecule has 0 aliphatic carbocycles. The van der Waals surface area contributed by atoms with Crippen LogP contribution in [-0.4, -0.2) is 35.2 Å². The Morgan fingerprint density at radius 2 is 1.70 bits per heavy atom. The second-order valence-corrected chi connectivity index (χ2v) is 9.66. The lowest BCUT2D eigenvalue weighted by molar-refractivity contribution is -0.143. The summed E-state index contributed by atoms with van der Waals surface area (Å²) in [7, 11) is 0. The second kappa shape index (κ2) is 7.96. The maximum Gasteiger partial charge on any atom is 0.253 e. The highest BCUT2D eigenvalue weighted by Crippen LogP contribution is 2.55. The molecule has 170 valence electrons. The van der Waals surface area contributed by atoms with Crippen LogP contribution in [0.15, 0.2) is 67.3 Å². The highest BCUT2D eigenvalue weighted by molar-refractivity contribution is 6.16. The van der Waals surface area contributed by atoms with Gasteiger partial charge in [-0.1, -0.05) is 68.5 Å². The van der Waals surface area contributed by atoms with Crippen LogP contribution in [0.2, 0.25) is 0 Å². The summed E-state index contributed by atoms with van der Waals surface area (Å²) in [6.07, 6.45) is 2.40. The summed E-state index contributed by atoms with van der Waals surface area (Å²) in [5, 5.41) is 3.55. The first kappa shape index (κ1) is 21.6. The number of nitrogens with one attached hydrogen (secondary N) is 1. The van der Waals surface area contributed by atoms with Crippen LogP contribution in [0.1, 0.15) is 31.4 Å². The van der Waals surface area contributed by atoms with Gasteiger partial charge in [-0.25, -0.2) is 0 Å². The molecule has 3 amide bonds. The zero-order valence-electron chi connectivity index (χ0n) is 19.0. The van der Waals surface area contributed by atoms with Crippen LogP contribution in [0.25, 0.3) is 0 Å². The molecule has 0 bridgehead atoms. The Morgan fingerprint density at radius 1 is 1.00 bits per heavy atom. The Kier molecular flexibility index (Phi) is 5.20. The van der Waals surface area contributed by atoms with E-state index in [0.717, 1.165) is 16.8 Å². The number of rotatable bonds is 6. The molecule has 3 aliphatic rings. The lowest BCUT2D eigenvalue weighted by Crippen LogP contribution is -2.55. The van der Waals surface area contributed by atoms with Crippen molar-refractivity contribution in [2.45, 2.75) is 38.4 Å². The van der Waals surface area contributed by atoms with Gasteiger partial charge in [-0.15, -0.1) is 6.58 Å². The van der Waals surface area contributed by atoms with Crippen molar-refractivity contribution in [3.8, 4) is 0 Å². The molecule has 2 fully saturated rings. The van der Waals surface area contributed by atoms with Crippen molar-refractivity contribution in [1.82, 2.24) is 10.2 Å². The molecule has 5 rings (SSSR count). The van der Waals surface area contributed by atoms with E-state index in [2.05, 4.69) is 25.7 Å². The van der Waals surface area contributed by atoms with Crippen molar-refractivity contribution in [2.24, 2.45) is 17.8 Å². The van der Waals surface area contributed by atoms with Crippen LogP contribution in [0, 0.1) is 17.8 Å². The molecule has 2 aromatic rings. The number of hydrogen-bond acceptors (Lipinski definition) is 4. The van der Waals surface area contributed by atoms with Crippen LogP contribution in [-0.2, 0) is 26.5 Å². The summed E-state index contributed by atoms with van der Waals surface area (Å²) in [5.41, 5.74) is 1.22. The van der Waals surface area contributed by atoms with Gasteiger partial charge in [0, 0.05) is 23.8 Å². The number of nitrogens with zero attached hydrogens (tertiary/aromatic N) is 2. The van der Waals surface area contributed by atoms with Crippen molar-refractivity contribution in [2.75, 3.05) is 11.4 Å². The predicted octanol–water partition coefficient (Wildman–Crippen LogP) is 3.23. The van der Waals surface area contributed by atoms with Gasteiger partial charge < -0.3 is 4.90 Å². The molecule has 3 heterocycles. The summed E-state index contributed by atoms with van der Waals surface area (Å²) in [6.45, 7) is 8.58. The molecule has 0 aromatic heterocycles. The van der Waals surface area contributed by atoms with Crippen molar-refractivity contribution >= 4 is 23.4 Å². The molecular weight excluding hydrogens is 414 g/mol. The van der Waals surface area contributed by atoms with Gasteiger partial charge in [0.15, 0.2) is 0 Å². The Labute approximate surface area is 194 Å². The van der Waals surface area contributed by atoms with E-state index in [1.54, 1.807) is 11.0 Å². The largest absolute Gasteiger partial charge is 0.306 e. The molecule has 33 heavy (non-hydrogen) atoms. The van der Waals surface area contributed by atoms with E-state index in [1.165, 1.54) is 4.90 Å². The summed E-state index contributed by atoms with van der Waals surface area (Å²) in [5.74, 6) is -1.65. The third-order valence-electron chi connectivity index (χ3n) is 7.18. The average molecular weight is 444 g/mol. The van der Waals surface area contributed by atoms with Crippen LogP contribution in [0.5, 0.6) is 0 Å². The Bertz CT molecular complexity index is 1130. The maximum atomic E-state index is 14.0. The monoisotopic (exact) mass is 443 g/mol. The third-order valence-corrected chi connectivity index (χ3v) is 7.18. The number of imide groups is 1. The fraction of sp³-hybridized carbons (Fsp3) is 0.370. The molecule has 0 saturated carbocycles. The number of carbonyl (C=O) groups is 3. The standard InChI is InChI=1S/C27H29N3O3/c1-4-14-29-21-13-9-8-12-19(21)27(26(29)33)23-22(20(28-27)15-17(2)3)24(31)30(25(23)32)16-18-10-6-5-7-11-18/h4-13,17,20,22-23,28H,1,14-16H2,2-3H3. The summed E-state index contributed by atoms with van der Waals surface area (Å²) < 4.78 is 0. The number of amides is 3. The van der Waals surface area contributed by atoms with E-state index < -0.39 is 17.4 Å². The number of para-hydroxylation sites is 1. The molecule has 1 spiro atoms. The number of fused-ring (bicyclic) bond motifs is 4. The minimum absolute atomic E-state index is 0.174. The zero-order valence-corrected chi connectivity index (χ0v) is 19.0. The minimum atomic E-state index is -1.23. The van der Waals surface area contributed by atoms with E-state index in [0.29, 0.717) is 18.9 Å². The number of hydrogen-bond donors (Lipinski definition) is 1. The Morgan fingerprint density at radius 3 is 2.39 bits per heavy atom. The lowest BCUT2D eigenvalue weighted by Gasteiger charge is -2.31. The molecular formula is C27H29N3O3. The first-order valence-corrected chi connectivity index (χ1v) is 11.6. The number of likely N-dealkylation sites (tertiary alicyclic amines) is 1. The topological polar surface area (TPSA) is 69.7 Å². The summed E-state index contributed by atoms with van der Waals surface area (Å²) >= 11 is 0. The number of anilines is 1. The Hall–Kier alpha value is -3.25. The van der Waals surface area contributed by atoms with Crippen molar-refractivity contribution < 1.29 is 14.4 Å². The van der Waals surface area contributed by atoms with E-state index >= 15 is 0 Å². The van der Waals surface area contributed by atoms with Crippen molar-refractivity contribution in [1.29, 1.82) is 0 Å².